The average molecular weight is 474 g/mol. The molecule has 0 bridgehead atoms. The molecule has 1 saturated carbocycles. The highest BCUT2D eigenvalue weighted by atomic mass is 19.1. The van der Waals surface area contributed by atoms with Gasteiger partial charge in [0.15, 0.2) is 0 Å². The van der Waals surface area contributed by atoms with E-state index >= 15 is 0 Å². The molecule has 0 heterocycles. The minimum Gasteiger partial charge on any atom is -0.478 e. The Kier molecular flexibility index (Phi) is 5.72. The Hall–Kier alpha value is -4.20. The highest BCUT2D eigenvalue weighted by Crippen LogP contribution is 2.44. The zero-order valence-electron chi connectivity index (χ0n) is 18.7. The summed E-state index contributed by atoms with van der Waals surface area (Å²) in [4.78, 5) is 36.0. The van der Waals surface area contributed by atoms with E-state index in [0.29, 0.717) is 12.8 Å². The Morgan fingerprint density at radius 3 is 2.17 bits per heavy atom. The van der Waals surface area contributed by atoms with Crippen LogP contribution in [-0.2, 0) is 9.53 Å². The molecule has 0 aliphatic heterocycles. The van der Waals surface area contributed by atoms with Gasteiger partial charge in [-0.3, -0.25) is 4.79 Å². The van der Waals surface area contributed by atoms with Gasteiger partial charge in [0, 0.05) is 11.6 Å². The lowest BCUT2D eigenvalue weighted by Crippen LogP contribution is -2.40. The van der Waals surface area contributed by atoms with Gasteiger partial charge in [-0.1, -0.05) is 48.5 Å². The molecule has 2 aliphatic rings. The minimum atomic E-state index is -1.38. The first-order valence-electron chi connectivity index (χ1n) is 11.3. The van der Waals surface area contributed by atoms with Crippen LogP contribution in [0.1, 0.15) is 46.7 Å². The Bertz CT molecular complexity index is 1290. The Labute approximate surface area is 200 Å². The molecular formula is C27H23FN2O5. The van der Waals surface area contributed by atoms with E-state index in [-0.39, 0.29) is 24.6 Å². The number of carboxylic acids is 1. The molecule has 0 aromatic heterocycles. The summed E-state index contributed by atoms with van der Waals surface area (Å²) in [6.07, 6.45) is 0.655. The summed E-state index contributed by atoms with van der Waals surface area (Å²) >= 11 is 0. The van der Waals surface area contributed by atoms with Crippen LogP contribution in [0.5, 0.6) is 0 Å². The molecule has 5 rings (SSSR count). The standard InChI is InChI=1S/C27H23FN2O5/c28-23-13-16(9-10-21(23)25(32)33)29-24(31)14-27(11-12-27)30-26(34)35-15-22-19-7-3-1-5-17(19)18-6-2-4-8-20(18)22/h1-10,13,22H,11-12,14-15H2,(H,29,31)(H,30,34)(H,32,33). The second kappa shape index (κ2) is 8.87. The molecule has 7 nitrogen and oxygen atoms in total. The number of carbonyl (C=O) groups is 3. The van der Waals surface area contributed by atoms with Crippen LogP contribution in [0.2, 0.25) is 0 Å². The number of benzene rings is 3. The van der Waals surface area contributed by atoms with Gasteiger partial charge in [-0.25, -0.2) is 14.0 Å². The summed E-state index contributed by atoms with van der Waals surface area (Å²) in [6, 6.07) is 19.5. The highest BCUT2D eigenvalue weighted by Gasteiger charge is 2.46. The van der Waals surface area contributed by atoms with Crippen LogP contribution in [-0.4, -0.2) is 35.2 Å². The number of carboxylic acid groups (broad SMARTS) is 1. The number of hydrogen-bond acceptors (Lipinski definition) is 4. The van der Waals surface area contributed by atoms with Crippen LogP contribution >= 0.6 is 0 Å². The maximum Gasteiger partial charge on any atom is 0.407 e. The van der Waals surface area contributed by atoms with Crippen LogP contribution in [0, 0.1) is 5.82 Å². The number of fused-ring (bicyclic) bond motifs is 3. The number of rotatable bonds is 7. The van der Waals surface area contributed by atoms with Gasteiger partial charge in [0.1, 0.15) is 12.4 Å². The van der Waals surface area contributed by atoms with Crippen molar-refractivity contribution in [2.24, 2.45) is 0 Å². The maximum atomic E-state index is 13.9. The lowest BCUT2D eigenvalue weighted by Gasteiger charge is -2.19. The van der Waals surface area contributed by atoms with Crippen LogP contribution in [0.15, 0.2) is 66.7 Å². The first-order chi connectivity index (χ1) is 16.8. The van der Waals surface area contributed by atoms with E-state index in [0.717, 1.165) is 34.4 Å². The summed E-state index contributed by atoms with van der Waals surface area (Å²) in [5.41, 5.74) is 3.48. The lowest BCUT2D eigenvalue weighted by atomic mass is 9.98. The van der Waals surface area contributed by atoms with E-state index < -0.39 is 34.9 Å². The second-order valence-electron chi connectivity index (χ2n) is 8.96. The van der Waals surface area contributed by atoms with Gasteiger partial charge in [0.25, 0.3) is 0 Å². The Morgan fingerprint density at radius 1 is 0.971 bits per heavy atom. The lowest BCUT2D eigenvalue weighted by molar-refractivity contribution is -0.116. The van der Waals surface area contributed by atoms with Crippen molar-refractivity contribution in [3.8, 4) is 11.1 Å². The summed E-state index contributed by atoms with van der Waals surface area (Å²) < 4.78 is 19.4. The Balaban J connectivity index is 1.18. The summed E-state index contributed by atoms with van der Waals surface area (Å²) in [5, 5.41) is 14.3. The quantitative estimate of drug-likeness (QED) is 0.451. The Morgan fingerprint density at radius 2 is 1.60 bits per heavy atom. The predicted molar refractivity (Wildman–Crippen MR) is 127 cm³/mol. The number of alkyl carbamates (subject to hydrolysis) is 1. The fourth-order valence-electron chi connectivity index (χ4n) is 4.63. The normalized spacial score (nSPS) is 15.0. The maximum absolute atomic E-state index is 13.9. The first-order valence-corrected chi connectivity index (χ1v) is 11.3. The molecule has 35 heavy (non-hydrogen) atoms. The van der Waals surface area contributed by atoms with Gasteiger partial charge in [0.2, 0.25) is 5.91 Å². The van der Waals surface area contributed by atoms with Crippen molar-refractivity contribution in [1.82, 2.24) is 5.32 Å². The summed E-state index contributed by atoms with van der Waals surface area (Å²) in [7, 11) is 0. The number of ether oxygens (including phenoxy) is 1. The number of hydrogen-bond donors (Lipinski definition) is 3. The molecule has 0 radical (unpaired) electrons. The van der Waals surface area contributed by atoms with Crippen molar-refractivity contribution in [1.29, 1.82) is 0 Å². The van der Waals surface area contributed by atoms with Crippen LogP contribution in [0.25, 0.3) is 11.1 Å². The molecule has 2 amide bonds. The van der Waals surface area contributed by atoms with Crippen molar-refractivity contribution >= 4 is 23.7 Å². The minimum absolute atomic E-state index is 0.000500. The number of amides is 2. The van der Waals surface area contributed by atoms with Gasteiger partial charge < -0.3 is 20.5 Å². The van der Waals surface area contributed by atoms with Gasteiger partial charge in [-0.05, 0) is 53.3 Å². The first kappa shape index (κ1) is 22.6. The van der Waals surface area contributed by atoms with Crippen molar-refractivity contribution in [3.05, 3.63) is 89.2 Å². The van der Waals surface area contributed by atoms with Crippen molar-refractivity contribution in [2.45, 2.75) is 30.7 Å². The monoisotopic (exact) mass is 474 g/mol. The molecule has 178 valence electrons. The fourth-order valence-corrected chi connectivity index (χ4v) is 4.63. The van der Waals surface area contributed by atoms with Gasteiger partial charge in [-0.2, -0.15) is 0 Å². The van der Waals surface area contributed by atoms with E-state index in [2.05, 4.69) is 22.8 Å². The third-order valence-electron chi connectivity index (χ3n) is 6.55. The fraction of sp³-hybridized carbons (Fsp3) is 0.222. The van der Waals surface area contributed by atoms with E-state index in [1.54, 1.807) is 0 Å². The second-order valence-corrected chi connectivity index (χ2v) is 8.96. The molecule has 0 unspecified atom stereocenters. The zero-order chi connectivity index (χ0) is 24.6. The summed E-state index contributed by atoms with van der Waals surface area (Å²) in [6.45, 7) is 0.178. The molecule has 2 aliphatic carbocycles. The number of nitrogens with one attached hydrogen (secondary N) is 2. The van der Waals surface area contributed by atoms with Crippen LogP contribution < -0.4 is 10.6 Å². The van der Waals surface area contributed by atoms with E-state index in [1.165, 1.54) is 6.07 Å². The smallest absolute Gasteiger partial charge is 0.407 e. The third-order valence-corrected chi connectivity index (χ3v) is 6.55. The molecule has 0 saturated heterocycles. The topological polar surface area (TPSA) is 105 Å². The van der Waals surface area contributed by atoms with Gasteiger partial charge in [-0.15, -0.1) is 0 Å². The number of carbonyl (C=O) groups excluding carboxylic acids is 2. The number of halogens is 1. The molecular weight excluding hydrogens is 451 g/mol. The highest BCUT2D eigenvalue weighted by molar-refractivity contribution is 5.93. The molecule has 3 N–H and O–H groups in total. The SMILES string of the molecule is O=C(CC1(NC(=O)OCC2c3ccccc3-c3ccccc32)CC1)Nc1ccc(C(=O)O)c(F)c1. The van der Waals surface area contributed by atoms with Gasteiger partial charge >= 0.3 is 12.1 Å². The largest absolute Gasteiger partial charge is 0.478 e. The van der Waals surface area contributed by atoms with Crippen molar-refractivity contribution in [3.63, 3.8) is 0 Å². The van der Waals surface area contributed by atoms with Crippen LogP contribution in [0.3, 0.4) is 0 Å². The molecule has 0 atom stereocenters. The molecule has 0 spiro atoms. The third kappa shape index (κ3) is 4.59. The molecule has 3 aromatic carbocycles. The van der Waals surface area contributed by atoms with Crippen molar-refractivity contribution in [2.75, 3.05) is 11.9 Å². The molecule has 3 aromatic rings. The van der Waals surface area contributed by atoms with Crippen molar-refractivity contribution < 1.29 is 28.6 Å². The van der Waals surface area contributed by atoms with E-state index in [9.17, 15) is 18.8 Å². The predicted octanol–water partition coefficient (Wildman–Crippen LogP) is 4.92. The van der Waals surface area contributed by atoms with Gasteiger partial charge in [0.05, 0.1) is 17.5 Å². The summed E-state index contributed by atoms with van der Waals surface area (Å²) in [5.74, 6) is -2.79. The van der Waals surface area contributed by atoms with E-state index in [4.69, 9.17) is 9.84 Å². The molecule has 8 heteroatoms. The molecule has 1 fully saturated rings. The number of anilines is 1. The zero-order valence-corrected chi connectivity index (χ0v) is 18.7. The average Bonchev–Trinajstić information content (AvgIpc) is 3.49. The van der Waals surface area contributed by atoms with E-state index in [1.807, 2.05) is 36.4 Å². The van der Waals surface area contributed by atoms with Crippen LogP contribution in [0.4, 0.5) is 14.9 Å². The number of aromatic carboxylic acids is 1.